The van der Waals surface area contributed by atoms with Gasteiger partial charge in [0.15, 0.2) is 0 Å². The summed E-state index contributed by atoms with van der Waals surface area (Å²) in [6.45, 7) is 6.35. The maximum Gasteiger partial charge on any atom is 0.346 e. The molecule has 0 aliphatic carbocycles. The number of nitrogens with zero attached hydrogens (tertiary/aromatic N) is 5. The number of hydrogen-bond donors (Lipinski definition) is 2. The zero-order valence-corrected chi connectivity index (χ0v) is 19.8. The minimum absolute atomic E-state index is 0.0664. The molecule has 0 spiro atoms. The first-order chi connectivity index (χ1) is 16.7. The number of aromatic amines is 1. The van der Waals surface area contributed by atoms with Crippen molar-refractivity contribution in [2.75, 3.05) is 39.5 Å². The van der Waals surface area contributed by atoms with E-state index < -0.39 is 0 Å². The summed E-state index contributed by atoms with van der Waals surface area (Å²) in [4.78, 5) is 13.2. The number of hydrogen-bond acceptors (Lipinski definition) is 8. The van der Waals surface area contributed by atoms with Gasteiger partial charge in [0.25, 0.3) is 5.65 Å². The molecule has 176 valence electrons. The number of rotatable bonds is 8. The third-order valence-electron chi connectivity index (χ3n) is 5.65. The second-order valence-corrected chi connectivity index (χ2v) is 9.14. The monoisotopic (exact) mass is 479 g/mol. The van der Waals surface area contributed by atoms with Crippen LogP contribution in [0.5, 0.6) is 0 Å². The summed E-state index contributed by atoms with van der Waals surface area (Å²) < 4.78 is 7.46. The lowest BCUT2D eigenvalue weighted by atomic mass is 10.1. The summed E-state index contributed by atoms with van der Waals surface area (Å²) in [5.41, 5.74) is 4.70. The Bertz CT molecular complexity index is 1320. The second-order valence-electron chi connectivity index (χ2n) is 8.10. The predicted molar refractivity (Wildman–Crippen MR) is 129 cm³/mol. The third kappa shape index (κ3) is 5.20. The maximum atomic E-state index is 8.87. The normalized spacial score (nSPS) is 15.3. The van der Waals surface area contributed by atoms with Crippen LogP contribution in [0, 0.1) is 0 Å². The molecule has 2 N–H and O–H groups in total. The molecule has 0 saturated carbocycles. The Morgan fingerprint density at radius 1 is 1.26 bits per heavy atom. The fourth-order valence-electron chi connectivity index (χ4n) is 3.86. The molecule has 0 amide bonds. The summed E-state index contributed by atoms with van der Waals surface area (Å²) >= 11 is 1.58. The lowest BCUT2D eigenvalue weighted by Gasteiger charge is -2.26. The lowest BCUT2D eigenvalue weighted by molar-refractivity contribution is -0.556. The van der Waals surface area contributed by atoms with E-state index in [0.717, 1.165) is 70.7 Å². The first-order valence-corrected chi connectivity index (χ1v) is 12.1. The Morgan fingerprint density at radius 3 is 3.00 bits per heavy atom. The highest BCUT2D eigenvalue weighted by molar-refractivity contribution is 7.99. The minimum Gasteiger partial charge on any atom is -0.393 e. The van der Waals surface area contributed by atoms with Crippen LogP contribution in [-0.2, 0) is 16.1 Å². The molecular weight excluding hydrogens is 452 g/mol. The van der Waals surface area contributed by atoms with E-state index in [1.807, 2.05) is 35.9 Å². The van der Waals surface area contributed by atoms with Crippen molar-refractivity contribution < 1.29 is 19.1 Å². The highest BCUT2D eigenvalue weighted by atomic mass is 32.2. The van der Waals surface area contributed by atoms with E-state index in [-0.39, 0.29) is 13.2 Å². The molecule has 4 aromatic rings. The van der Waals surface area contributed by atoms with E-state index in [9.17, 15) is 0 Å². The molecule has 5 rings (SSSR count). The van der Waals surface area contributed by atoms with Gasteiger partial charge < -0.3 is 14.7 Å². The van der Waals surface area contributed by atoms with Gasteiger partial charge in [0.1, 0.15) is 6.61 Å². The van der Waals surface area contributed by atoms with Crippen molar-refractivity contribution in [3.63, 3.8) is 0 Å². The maximum absolute atomic E-state index is 8.87. The SMILES string of the molecule is C/C(=N\OCCO)c1ccc2[nH]nc(Sc3ccc4ncc(CN5CCOCC5)cc4c3)[n+]2c1. The fraction of sp³-hybridized carbons (Fsp3) is 0.333. The summed E-state index contributed by atoms with van der Waals surface area (Å²) in [6, 6.07) is 12.4. The standard InChI is InChI=1S/C24H26N6O3S/c1-17(28-33-11-8-31)19-2-5-23-26-27-24(30(23)16-19)34-21-3-4-22-20(13-21)12-18(14-25-22)15-29-6-9-32-10-7-29/h2-5,12-14,16,31H,6-11,15H2,1H3/p+1/b28-17+. The molecule has 0 atom stereocenters. The Hall–Kier alpha value is -3.05. The van der Waals surface area contributed by atoms with E-state index >= 15 is 0 Å². The molecule has 1 aromatic carbocycles. The predicted octanol–water partition coefficient (Wildman–Crippen LogP) is 2.41. The fourth-order valence-corrected chi connectivity index (χ4v) is 4.73. The van der Waals surface area contributed by atoms with Gasteiger partial charge in [-0.1, -0.05) is 5.16 Å². The number of nitrogens with one attached hydrogen (secondary N) is 1. The van der Waals surface area contributed by atoms with Crippen molar-refractivity contribution in [1.29, 1.82) is 0 Å². The first kappa shape index (κ1) is 22.7. The van der Waals surface area contributed by atoms with Crippen LogP contribution in [0.25, 0.3) is 16.6 Å². The smallest absolute Gasteiger partial charge is 0.346 e. The number of morpholine rings is 1. The number of aliphatic hydroxyl groups excluding tert-OH is 1. The zero-order chi connectivity index (χ0) is 23.3. The quantitative estimate of drug-likeness (QED) is 0.173. The van der Waals surface area contributed by atoms with Crippen LogP contribution >= 0.6 is 11.8 Å². The molecule has 1 aliphatic rings. The van der Waals surface area contributed by atoms with Crippen molar-refractivity contribution in [2.24, 2.45) is 5.16 Å². The van der Waals surface area contributed by atoms with Crippen molar-refractivity contribution >= 4 is 34.0 Å². The van der Waals surface area contributed by atoms with Crippen LogP contribution in [0.4, 0.5) is 0 Å². The van der Waals surface area contributed by atoms with Gasteiger partial charge in [-0.2, -0.15) is 4.40 Å². The number of H-pyrrole nitrogens is 1. The summed E-state index contributed by atoms with van der Waals surface area (Å²) in [5.74, 6) is 0. The summed E-state index contributed by atoms with van der Waals surface area (Å²) in [6.07, 6.45) is 3.95. The van der Waals surface area contributed by atoms with Crippen LogP contribution in [0.15, 0.2) is 64.0 Å². The summed E-state index contributed by atoms with van der Waals surface area (Å²) in [7, 11) is 0. The number of ether oxygens (including phenoxy) is 1. The number of pyridine rings is 2. The number of oxime groups is 1. The lowest BCUT2D eigenvalue weighted by Crippen LogP contribution is -2.35. The molecule has 1 saturated heterocycles. The summed E-state index contributed by atoms with van der Waals surface area (Å²) in [5, 5.41) is 22.4. The van der Waals surface area contributed by atoms with Crippen LogP contribution in [0.1, 0.15) is 18.1 Å². The van der Waals surface area contributed by atoms with E-state index in [2.05, 4.69) is 49.5 Å². The molecule has 1 aliphatic heterocycles. The van der Waals surface area contributed by atoms with E-state index in [1.165, 1.54) is 5.56 Å². The van der Waals surface area contributed by atoms with E-state index in [0.29, 0.717) is 0 Å². The topological polar surface area (TPSA) is 100.0 Å². The van der Waals surface area contributed by atoms with Crippen LogP contribution in [0.2, 0.25) is 0 Å². The number of aliphatic hydroxyl groups is 1. The highest BCUT2D eigenvalue weighted by Gasteiger charge is 2.17. The highest BCUT2D eigenvalue weighted by Crippen LogP contribution is 2.27. The molecule has 34 heavy (non-hydrogen) atoms. The van der Waals surface area contributed by atoms with Crippen molar-refractivity contribution in [1.82, 2.24) is 20.1 Å². The molecule has 3 aromatic heterocycles. The van der Waals surface area contributed by atoms with Crippen LogP contribution in [0.3, 0.4) is 0 Å². The Balaban J connectivity index is 1.37. The average molecular weight is 480 g/mol. The second kappa shape index (κ2) is 10.5. The van der Waals surface area contributed by atoms with Gasteiger partial charge >= 0.3 is 5.16 Å². The van der Waals surface area contributed by atoms with Gasteiger partial charge in [0.05, 0.1) is 42.3 Å². The van der Waals surface area contributed by atoms with Crippen LogP contribution in [-0.4, -0.2) is 70.4 Å². The van der Waals surface area contributed by atoms with E-state index in [1.54, 1.807) is 11.8 Å². The third-order valence-corrected chi connectivity index (χ3v) is 6.61. The Labute approximate surface area is 201 Å². The molecular formula is C24H27N6O3S+. The van der Waals surface area contributed by atoms with Gasteiger partial charge in [-0.25, -0.2) is 0 Å². The molecule has 0 bridgehead atoms. The largest absolute Gasteiger partial charge is 0.393 e. The van der Waals surface area contributed by atoms with Crippen LogP contribution < -0.4 is 4.40 Å². The number of aromatic nitrogens is 4. The molecule has 9 nitrogen and oxygen atoms in total. The number of fused-ring (bicyclic) bond motifs is 2. The van der Waals surface area contributed by atoms with Gasteiger partial charge in [0.2, 0.25) is 0 Å². The van der Waals surface area contributed by atoms with Gasteiger partial charge in [-0.3, -0.25) is 9.88 Å². The zero-order valence-electron chi connectivity index (χ0n) is 19.0. The Morgan fingerprint density at radius 2 is 2.15 bits per heavy atom. The molecule has 1 fully saturated rings. The van der Waals surface area contributed by atoms with Crippen molar-refractivity contribution in [3.05, 3.63) is 59.9 Å². The van der Waals surface area contributed by atoms with Gasteiger partial charge in [0, 0.05) is 47.7 Å². The Kier molecular flexibility index (Phi) is 7.00. The molecule has 0 radical (unpaired) electrons. The minimum atomic E-state index is -0.0664. The van der Waals surface area contributed by atoms with Crippen molar-refractivity contribution in [3.8, 4) is 0 Å². The number of benzene rings is 1. The van der Waals surface area contributed by atoms with Gasteiger partial charge in [-0.15, -0.1) is 5.10 Å². The first-order valence-electron chi connectivity index (χ1n) is 11.2. The van der Waals surface area contributed by atoms with Gasteiger partial charge in [-0.05, 0) is 54.6 Å². The molecule has 0 unspecified atom stereocenters. The van der Waals surface area contributed by atoms with E-state index in [4.69, 9.17) is 14.7 Å². The average Bonchev–Trinajstić information content (AvgIpc) is 3.26. The molecule has 4 heterocycles. The molecule has 10 heteroatoms. The van der Waals surface area contributed by atoms with Crippen molar-refractivity contribution in [2.45, 2.75) is 23.5 Å².